The molecular weight excluding hydrogens is 270 g/mol. The lowest BCUT2D eigenvalue weighted by Gasteiger charge is -2.26. The Kier molecular flexibility index (Phi) is 4.57. The molecule has 0 saturated heterocycles. The number of nitro groups is 2. The van der Waals surface area contributed by atoms with Gasteiger partial charge in [-0.1, -0.05) is 0 Å². The summed E-state index contributed by atoms with van der Waals surface area (Å²) in [6, 6.07) is 2.82. The van der Waals surface area contributed by atoms with Crippen molar-refractivity contribution >= 4 is 23.0 Å². The molecule has 0 atom stereocenters. The molecule has 0 aliphatic carbocycles. The summed E-state index contributed by atoms with van der Waals surface area (Å²) in [7, 11) is 0. The van der Waals surface area contributed by atoms with Crippen molar-refractivity contribution in [3.63, 3.8) is 0 Å². The molecule has 0 unspecified atom stereocenters. The number of hydrogen-bond acceptors (Lipinski definition) is 6. The Morgan fingerprint density at radius 2 is 1.90 bits per heavy atom. The molecule has 1 N–H and O–H groups in total. The number of anilines is 1. The third kappa shape index (κ3) is 3.40. The van der Waals surface area contributed by atoms with Crippen LogP contribution in [0, 0.1) is 20.2 Å². The Bertz CT molecular complexity index is 557. The van der Waals surface area contributed by atoms with E-state index in [1.807, 2.05) is 0 Å². The molecule has 0 aliphatic rings. The van der Waals surface area contributed by atoms with E-state index in [1.54, 1.807) is 13.8 Å². The minimum atomic E-state index is -1.15. The molecule has 20 heavy (non-hydrogen) atoms. The van der Waals surface area contributed by atoms with E-state index in [0.717, 1.165) is 12.1 Å². The molecular formula is C11H13N3O6. The quantitative estimate of drug-likeness (QED) is 0.622. The maximum Gasteiger partial charge on any atom is 0.323 e. The number of nitrogens with zero attached hydrogens (tertiary/aromatic N) is 3. The van der Waals surface area contributed by atoms with Gasteiger partial charge in [-0.2, -0.15) is 0 Å². The van der Waals surface area contributed by atoms with E-state index in [1.165, 1.54) is 11.0 Å². The number of carboxylic acid groups (broad SMARTS) is 1. The van der Waals surface area contributed by atoms with Crippen LogP contribution >= 0.6 is 0 Å². The summed E-state index contributed by atoms with van der Waals surface area (Å²) in [6.07, 6.45) is 0. The fraction of sp³-hybridized carbons (Fsp3) is 0.364. The molecule has 0 radical (unpaired) electrons. The van der Waals surface area contributed by atoms with Crippen molar-refractivity contribution in [1.29, 1.82) is 0 Å². The lowest BCUT2D eigenvalue weighted by molar-refractivity contribution is -0.393. The van der Waals surface area contributed by atoms with Crippen molar-refractivity contribution in [2.24, 2.45) is 0 Å². The van der Waals surface area contributed by atoms with Crippen LogP contribution in [0.25, 0.3) is 0 Å². The lowest BCUT2D eigenvalue weighted by Crippen LogP contribution is -2.36. The second kappa shape index (κ2) is 5.95. The van der Waals surface area contributed by atoms with E-state index >= 15 is 0 Å². The predicted octanol–water partition coefficient (Wildman–Crippen LogP) is 1.80. The Labute approximate surface area is 113 Å². The zero-order valence-corrected chi connectivity index (χ0v) is 10.8. The van der Waals surface area contributed by atoms with Crippen molar-refractivity contribution in [3.8, 4) is 0 Å². The smallest absolute Gasteiger partial charge is 0.323 e. The Balaban J connectivity index is 3.37. The number of carboxylic acids is 1. The Morgan fingerprint density at radius 1 is 1.30 bits per heavy atom. The van der Waals surface area contributed by atoms with Crippen LogP contribution in [-0.2, 0) is 4.79 Å². The lowest BCUT2D eigenvalue weighted by atomic mass is 10.2. The van der Waals surface area contributed by atoms with Gasteiger partial charge >= 0.3 is 5.97 Å². The number of hydrogen-bond donors (Lipinski definition) is 1. The second-order valence-corrected chi connectivity index (χ2v) is 4.30. The number of carbonyl (C=O) groups is 1. The van der Waals surface area contributed by atoms with Crippen LogP contribution in [0.5, 0.6) is 0 Å². The summed E-state index contributed by atoms with van der Waals surface area (Å²) >= 11 is 0. The summed E-state index contributed by atoms with van der Waals surface area (Å²) in [5.41, 5.74) is -0.869. The molecule has 1 aromatic rings. The molecule has 0 saturated carbocycles. The van der Waals surface area contributed by atoms with Crippen molar-refractivity contribution in [2.45, 2.75) is 19.9 Å². The zero-order chi connectivity index (χ0) is 15.4. The molecule has 0 bridgehead atoms. The second-order valence-electron chi connectivity index (χ2n) is 4.30. The summed E-state index contributed by atoms with van der Waals surface area (Å²) in [6.45, 7) is 2.92. The highest BCUT2D eigenvalue weighted by Gasteiger charge is 2.26. The average Bonchev–Trinajstić information content (AvgIpc) is 2.34. The van der Waals surface area contributed by atoms with Gasteiger partial charge in [0.05, 0.1) is 15.9 Å². The summed E-state index contributed by atoms with van der Waals surface area (Å²) < 4.78 is 0. The number of benzene rings is 1. The summed E-state index contributed by atoms with van der Waals surface area (Å²) in [5.74, 6) is -1.15. The fourth-order valence-electron chi connectivity index (χ4n) is 1.71. The van der Waals surface area contributed by atoms with Crippen LogP contribution in [-0.4, -0.2) is 33.5 Å². The van der Waals surface area contributed by atoms with Crippen molar-refractivity contribution in [1.82, 2.24) is 0 Å². The molecule has 1 rings (SSSR count). The van der Waals surface area contributed by atoms with Gasteiger partial charge in [-0.25, -0.2) is 0 Å². The highest BCUT2D eigenvalue weighted by molar-refractivity contribution is 5.77. The molecule has 0 spiro atoms. The maximum atomic E-state index is 11.0. The van der Waals surface area contributed by atoms with Gasteiger partial charge in [0.1, 0.15) is 12.2 Å². The first kappa shape index (κ1) is 15.3. The van der Waals surface area contributed by atoms with Gasteiger partial charge in [0.15, 0.2) is 0 Å². The molecule has 9 nitrogen and oxygen atoms in total. The zero-order valence-electron chi connectivity index (χ0n) is 10.8. The number of nitro benzene ring substituents is 2. The number of non-ortho nitro benzene ring substituents is 1. The minimum absolute atomic E-state index is 0.0398. The van der Waals surface area contributed by atoms with Gasteiger partial charge in [-0.3, -0.25) is 25.0 Å². The van der Waals surface area contributed by atoms with Crippen LogP contribution in [0.1, 0.15) is 13.8 Å². The predicted molar refractivity (Wildman–Crippen MR) is 69.9 cm³/mol. The van der Waals surface area contributed by atoms with Crippen molar-refractivity contribution < 1.29 is 19.7 Å². The Hall–Kier alpha value is -2.71. The van der Waals surface area contributed by atoms with Gasteiger partial charge in [0, 0.05) is 12.1 Å². The number of rotatable bonds is 6. The fourth-order valence-corrected chi connectivity index (χ4v) is 1.71. The molecule has 0 amide bonds. The SMILES string of the molecule is CC(C)N(CC(=O)O)c1ccc([N+](=O)[O-])cc1[N+](=O)[O-]. The van der Waals surface area contributed by atoms with Crippen molar-refractivity contribution in [3.05, 3.63) is 38.4 Å². The topological polar surface area (TPSA) is 127 Å². The first-order valence-electron chi connectivity index (χ1n) is 5.65. The minimum Gasteiger partial charge on any atom is -0.480 e. The van der Waals surface area contributed by atoms with E-state index in [9.17, 15) is 25.0 Å². The first-order valence-corrected chi connectivity index (χ1v) is 5.65. The third-order valence-electron chi connectivity index (χ3n) is 2.60. The van der Waals surface area contributed by atoms with Gasteiger partial charge in [0.2, 0.25) is 0 Å². The Morgan fingerprint density at radius 3 is 2.30 bits per heavy atom. The van der Waals surface area contributed by atoms with Crippen LogP contribution in [0.2, 0.25) is 0 Å². The highest BCUT2D eigenvalue weighted by atomic mass is 16.6. The van der Waals surface area contributed by atoms with Gasteiger partial charge < -0.3 is 10.0 Å². The van der Waals surface area contributed by atoms with Crippen LogP contribution in [0.3, 0.4) is 0 Å². The van der Waals surface area contributed by atoms with Crippen LogP contribution in [0.15, 0.2) is 18.2 Å². The van der Waals surface area contributed by atoms with Crippen LogP contribution in [0.4, 0.5) is 17.1 Å². The van der Waals surface area contributed by atoms with Gasteiger partial charge in [0.25, 0.3) is 11.4 Å². The van der Waals surface area contributed by atoms with E-state index < -0.39 is 33.7 Å². The summed E-state index contributed by atoms with van der Waals surface area (Å²) in [4.78, 5) is 32.3. The molecule has 0 fully saturated rings. The first-order chi connectivity index (χ1) is 9.23. The summed E-state index contributed by atoms with van der Waals surface area (Å²) in [5, 5.41) is 30.5. The molecule has 108 valence electrons. The number of aliphatic carboxylic acids is 1. The largest absolute Gasteiger partial charge is 0.480 e. The third-order valence-corrected chi connectivity index (χ3v) is 2.60. The molecule has 0 aromatic heterocycles. The van der Waals surface area contributed by atoms with E-state index in [-0.39, 0.29) is 11.7 Å². The van der Waals surface area contributed by atoms with Crippen molar-refractivity contribution in [2.75, 3.05) is 11.4 Å². The van der Waals surface area contributed by atoms with Gasteiger partial charge in [-0.05, 0) is 19.9 Å². The average molecular weight is 283 g/mol. The molecule has 1 aromatic carbocycles. The molecule has 0 aliphatic heterocycles. The normalized spacial score (nSPS) is 10.3. The van der Waals surface area contributed by atoms with E-state index in [4.69, 9.17) is 5.11 Å². The van der Waals surface area contributed by atoms with Gasteiger partial charge in [-0.15, -0.1) is 0 Å². The standard InChI is InChI=1S/C11H13N3O6/c1-7(2)12(6-11(15)16)9-4-3-8(13(17)18)5-10(9)14(19)20/h3-5,7H,6H2,1-2H3,(H,15,16). The maximum absolute atomic E-state index is 11.0. The monoisotopic (exact) mass is 283 g/mol. The molecule has 9 heteroatoms. The van der Waals surface area contributed by atoms with Crippen LogP contribution < -0.4 is 4.90 Å². The van der Waals surface area contributed by atoms with E-state index in [2.05, 4.69) is 0 Å². The van der Waals surface area contributed by atoms with E-state index in [0.29, 0.717) is 0 Å². The molecule has 0 heterocycles. The highest BCUT2D eigenvalue weighted by Crippen LogP contribution is 2.32.